The maximum atomic E-state index is 13.6. The lowest BCUT2D eigenvalue weighted by Crippen LogP contribution is -2.68. The normalized spacial score (nSPS) is 21.7. The summed E-state index contributed by atoms with van der Waals surface area (Å²) < 4.78 is 53.1. The number of methoxy groups -OCH3 is 1. The number of alkyl halides is 3. The minimum Gasteiger partial charge on any atom is -0.495 e. The Morgan fingerprint density at radius 1 is 1.07 bits per heavy atom. The van der Waals surface area contributed by atoms with E-state index in [2.05, 4.69) is 27.4 Å². The number of aromatic nitrogens is 1. The van der Waals surface area contributed by atoms with Crippen LogP contribution in [0.25, 0.3) is 10.9 Å². The summed E-state index contributed by atoms with van der Waals surface area (Å²) in [5.41, 5.74) is 2.96. The van der Waals surface area contributed by atoms with Crippen LogP contribution in [0.5, 0.6) is 5.75 Å². The van der Waals surface area contributed by atoms with Gasteiger partial charge in [-0.25, -0.2) is 0 Å². The highest BCUT2D eigenvalue weighted by Gasteiger charge is 2.50. The van der Waals surface area contributed by atoms with Crippen LogP contribution in [0.2, 0.25) is 0 Å². The lowest BCUT2D eigenvalue weighted by molar-refractivity contribution is -0.200. The maximum absolute atomic E-state index is 13.6. The summed E-state index contributed by atoms with van der Waals surface area (Å²) in [5, 5.41) is 7.65. The van der Waals surface area contributed by atoms with Gasteiger partial charge < -0.3 is 24.7 Å². The van der Waals surface area contributed by atoms with Crippen LogP contribution in [0.4, 0.5) is 24.5 Å². The van der Waals surface area contributed by atoms with Gasteiger partial charge in [0.1, 0.15) is 12.3 Å². The van der Waals surface area contributed by atoms with Gasteiger partial charge in [-0.1, -0.05) is 12.0 Å². The minimum absolute atomic E-state index is 0.266. The van der Waals surface area contributed by atoms with Crippen LogP contribution in [0.15, 0.2) is 47.4 Å². The third-order valence-electron chi connectivity index (χ3n) is 8.74. The first-order chi connectivity index (χ1) is 20.3. The zero-order chi connectivity index (χ0) is 29.3. The van der Waals surface area contributed by atoms with Crippen LogP contribution in [0.3, 0.4) is 0 Å². The molecule has 0 unspecified atom stereocenters. The fraction of sp³-hybridized carbons (Fsp3) is 0.500. The second-order valence-electron chi connectivity index (χ2n) is 11.7. The van der Waals surface area contributed by atoms with Crippen LogP contribution in [-0.4, -0.2) is 73.9 Å². The van der Waals surface area contributed by atoms with E-state index in [1.807, 2.05) is 36.6 Å². The van der Waals surface area contributed by atoms with Crippen molar-refractivity contribution in [2.75, 3.05) is 56.8 Å². The molecule has 0 amide bonds. The number of rotatable bonds is 8. The van der Waals surface area contributed by atoms with Crippen LogP contribution < -0.4 is 15.4 Å². The van der Waals surface area contributed by atoms with Gasteiger partial charge in [-0.2, -0.15) is 13.2 Å². The molecule has 224 valence electrons. The summed E-state index contributed by atoms with van der Waals surface area (Å²) in [7, 11) is 1.61. The molecule has 6 nitrogen and oxygen atoms in total. The topological polar surface area (TPSA) is 50.7 Å². The van der Waals surface area contributed by atoms with Gasteiger partial charge >= 0.3 is 6.18 Å². The second kappa shape index (κ2) is 11.9. The Morgan fingerprint density at radius 3 is 2.52 bits per heavy atom. The molecule has 1 spiro atoms. The minimum atomic E-state index is -4.37. The summed E-state index contributed by atoms with van der Waals surface area (Å²) in [4.78, 5) is 3.68. The van der Waals surface area contributed by atoms with Crippen LogP contribution >= 0.6 is 11.8 Å². The van der Waals surface area contributed by atoms with Gasteiger partial charge in [-0.05, 0) is 74.3 Å². The molecule has 2 N–H and O–H groups in total. The summed E-state index contributed by atoms with van der Waals surface area (Å²) in [6, 6.07) is 14.1. The number of halogens is 3. The fourth-order valence-electron chi connectivity index (χ4n) is 6.53. The van der Waals surface area contributed by atoms with Crippen LogP contribution in [-0.2, 0) is 11.3 Å². The molecular formula is C32H37F3N4O2S. The van der Waals surface area contributed by atoms with Gasteiger partial charge in [0, 0.05) is 46.6 Å². The molecule has 0 bridgehead atoms. The predicted molar refractivity (Wildman–Crippen MR) is 163 cm³/mol. The molecule has 6 rings (SSSR count). The Hall–Kier alpha value is -3.00. The second-order valence-corrected chi connectivity index (χ2v) is 12.6. The molecule has 1 aromatic heterocycles. The van der Waals surface area contributed by atoms with E-state index in [0.29, 0.717) is 34.5 Å². The van der Waals surface area contributed by atoms with E-state index in [-0.39, 0.29) is 6.54 Å². The van der Waals surface area contributed by atoms with E-state index in [0.717, 1.165) is 73.6 Å². The Labute approximate surface area is 249 Å². The molecule has 2 aliphatic heterocycles. The third kappa shape index (κ3) is 6.19. The monoisotopic (exact) mass is 598 g/mol. The first kappa shape index (κ1) is 29.1. The summed E-state index contributed by atoms with van der Waals surface area (Å²) in [6.45, 7) is 3.29. The zero-order valence-electron chi connectivity index (χ0n) is 24.0. The quantitative estimate of drug-likeness (QED) is 0.230. The van der Waals surface area contributed by atoms with Crippen molar-refractivity contribution in [1.29, 1.82) is 0 Å². The summed E-state index contributed by atoms with van der Waals surface area (Å²) in [5.74, 6) is 6.71. The molecule has 42 heavy (non-hydrogen) atoms. The van der Waals surface area contributed by atoms with Crippen molar-refractivity contribution in [3.8, 4) is 17.6 Å². The number of thioether (sulfide) groups is 1. The molecule has 10 heteroatoms. The fourth-order valence-corrected chi connectivity index (χ4v) is 6.96. The molecule has 3 heterocycles. The Balaban J connectivity index is 1.15. The number of hydrogen-bond donors (Lipinski definition) is 2. The lowest BCUT2D eigenvalue weighted by Gasteiger charge is -2.58. The molecule has 2 aromatic carbocycles. The van der Waals surface area contributed by atoms with E-state index in [9.17, 15) is 13.2 Å². The van der Waals surface area contributed by atoms with Gasteiger partial charge in [0.25, 0.3) is 0 Å². The standard InChI is InChI=1S/C32H37F3N4O2S/c1-40-30-16-25(42-2)12-13-28(30)36-14-4-5-24-15-26-27(6-3-7-29(26)39(24)19-32(33,34)35)37-22-8-10-23(11-9-22)38-17-31(18-38)20-41-21-31/h3,6-7,12-13,15-16,22-23,36-37H,8-11,14,17-21H2,1-2H3. The number of nitrogens with one attached hydrogen (secondary N) is 2. The molecule has 0 radical (unpaired) electrons. The highest BCUT2D eigenvalue weighted by atomic mass is 32.2. The lowest BCUT2D eigenvalue weighted by atomic mass is 9.75. The van der Waals surface area contributed by atoms with Crippen LogP contribution in [0, 0.1) is 17.3 Å². The number of fused-ring (bicyclic) bond motifs is 1. The maximum Gasteiger partial charge on any atom is 0.406 e. The first-order valence-electron chi connectivity index (χ1n) is 14.5. The van der Waals surface area contributed by atoms with Gasteiger partial charge in [0.15, 0.2) is 0 Å². The molecule has 2 saturated heterocycles. The van der Waals surface area contributed by atoms with E-state index >= 15 is 0 Å². The SMILES string of the molecule is COc1cc(SC)ccc1NCC#Cc1cc2c(NC3CCC(N4CC5(COC5)C4)CC3)cccc2n1CC(F)(F)F. The number of nitrogens with zero attached hydrogens (tertiary/aromatic N) is 2. The van der Waals surface area contributed by atoms with Crippen molar-refractivity contribution in [2.45, 2.75) is 55.4 Å². The van der Waals surface area contributed by atoms with Crippen molar-refractivity contribution in [3.05, 3.63) is 48.2 Å². The molecule has 3 aromatic rings. The number of benzene rings is 2. The van der Waals surface area contributed by atoms with Gasteiger partial charge in [0.05, 0.1) is 43.8 Å². The van der Waals surface area contributed by atoms with E-state index in [1.165, 1.54) is 4.57 Å². The number of anilines is 2. The average Bonchev–Trinajstić information content (AvgIpc) is 3.27. The Morgan fingerprint density at radius 2 is 1.86 bits per heavy atom. The molecule has 1 aliphatic carbocycles. The summed E-state index contributed by atoms with van der Waals surface area (Å²) >= 11 is 1.62. The molecule has 0 atom stereocenters. The van der Waals surface area contributed by atoms with E-state index < -0.39 is 12.7 Å². The summed E-state index contributed by atoms with van der Waals surface area (Å²) in [6.07, 6.45) is 1.99. The average molecular weight is 599 g/mol. The van der Waals surface area contributed by atoms with Crippen molar-refractivity contribution in [3.63, 3.8) is 0 Å². The number of hydrogen-bond acceptors (Lipinski definition) is 6. The molecule has 3 fully saturated rings. The van der Waals surface area contributed by atoms with Crippen molar-refractivity contribution in [1.82, 2.24) is 9.47 Å². The van der Waals surface area contributed by atoms with Gasteiger partial charge in [0.2, 0.25) is 0 Å². The van der Waals surface area contributed by atoms with Crippen molar-refractivity contribution >= 4 is 34.0 Å². The predicted octanol–water partition coefficient (Wildman–Crippen LogP) is 6.45. The molecule has 3 aliphatic rings. The Kier molecular flexibility index (Phi) is 8.27. The molecule has 1 saturated carbocycles. The van der Waals surface area contributed by atoms with Crippen molar-refractivity contribution in [2.24, 2.45) is 5.41 Å². The zero-order valence-corrected chi connectivity index (χ0v) is 24.8. The van der Waals surface area contributed by atoms with Crippen LogP contribution in [0.1, 0.15) is 31.4 Å². The number of ether oxygens (including phenoxy) is 2. The van der Waals surface area contributed by atoms with E-state index in [4.69, 9.17) is 9.47 Å². The van der Waals surface area contributed by atoms with Gasteiger partial charge in [-0.3, -0.25) is 4.90 Å². The largest absolute Gasteiger partial charge is 0.495 e. The van der Waals surface area contributed by atoms with Gasteiger partial charge in [-0.15, -0.1) is 11.8 Å². The highest BCUT2D eigenvalue weighted by molar-refractivity contribution is 7.98. The Bertz CT molecular complexity index is 1470. The smallest absolute Gasteiger partial charge is 0.406 e. The van der Waals surface area contributed by atoms with Crippen molar-refractivity contribution < 1.29 is 22.6 Å². The third-order valence-corrected chi connectivity index (χ3v) is 9.47. The van der Waals surface area contributed by atoms with E-state index in [1.54, 1.807) is 31.0 Å². The highest BCUT2D eigenvalue weighted by Crippen LogP contribution is 2.41. The molecular weight excluding hydrogens is 561 g/mol. The number of likely N-dealkylation sites (tertiary alicyclic amines) is 1. The first-order valence-corrected chi connectivity index (χ1v) is 15.7.